The highest BCUT2D eigenvalue weighted by atomic mass is 15.2. The molecule has 0 amide bonds. The Morgan fingerprint density at radius 1 is 0.260 bits per heavy atom. The second-order valence-electron chi connectivity index (χ2n) is 21.1. The number of para-hydroxylation sites is 2. The highest BCUT2D eigenvalue weighted by molar-refractivity contribution is 7.01. The fourth-order valence-corrected chi connectivity index (χ4v) is 13.9. The molecule has 354 valence electrons. The highest BCUT2D eigenvalue weighted by Crippen LogP contribution is 2.49. The molecule has 0 fully saturated rings. The first-order valence-electron chi connectivity index (χ1n) is 26.9. The normalized spacial score (nSPS) is 13.1. The van der Waals surface area contributed by atoms with Crippen LogP contribution >= 0.6 is 0 Å². The minimum absolute atomic E-state index is 0.0897. The highest BCUT2D eigenvalue weighted by Gasteiger charge is 2.45. The molecule has 1 aromatic heterocycles. The van der Waals surface area contributed by atoms with Crippen LogP contribution in [-0.4, -0.2) is 18.0 Å². The van der Waals surface area contributed by atoms with Gasteiger partial charge < -0.3 is 14.4 Å². The summed E-state index contributed by atoms with van der Waals surface area (Å²) in [7, 11) is 0. The molecule has 4 aliphatic rings. The SMILES string of the molecule is c1ccc(B2c3cccc4c3-c3c2cccc3-c2ccc3c(c2)B2c5cc-4ccc5N(c4ccc(-c5ccccc5)cc4)c4cc(-n5c6ccccc6c6ccccc65)cc(c42)N3c2ccc(-c3ccccc3)cc2)cc1. The van der Waals surface area contributed by atoms with Crippen molar-refractivity contribution in [2.75, 3.05) is 9.80 Å². The molecule has 13 aromatic rings. The van der Waals surface area contributed by atoms with E-state index in [4.69, 9.17) is 0 Å². The summed E-state index contributed by atoms with van der Waals surface area (Å²) in [5.41, 5.74) is 30.8. The smallest absolute Gasteiger partial charge is 0.252 e. The van der Waals surface area contributed by atoms with Gasteiger partial charge in [-0.05, 0) is 133 Å². The van der Waals surface area contributed by atoms with Gasteiger partial charge in [0.25, 0.3) is 6.71 Å². The van der Waals surface area contributed by atoms with E-state index in [1.54, 1.807) is 0 Å². The molecule has 0 N–H and O–H groups in total. The maximum Gasteiger partial charge on any atom is 0.252 e. The summed E-state index contributed by atoms with van der Waals surface area (Å²) in [6.07, 6.45) is 0. The second kappa shape index (κ2) is 16.3. The molecule has 0 saturated carbocycles. The Labute approximate surface area is 448 Å². The maximum absolute atomic E-state index is 2.57. The van der Waals surface area contributed by atoms with Crippen LogP contribution in [0.25, 0.3) is 83.1 Å². The molecular weight excluding hydrogens is 928 g/mol. The van der Waals surface area contributed by atoms with Crippen molar-refractivity contribution in [1.82, 2.24) is 4.57 Å². The zero-order chi connectivity index (χ0) is 50.3. The Hall–Kier alpha value is -9.83. The number of hydrogen-bond donors (Lipinski definition) is 0. The standard InChI is InChI=1S/C72H45B2N3/c1-4-16-46(17-5-1)48-30-36-53(37-31-48)75-66-40-34-50-42-62(66)74-63-43-51(57-25-15-27-61-71(57)70-56(50)24-14-26-60(70)73(61)52-20-8-3-9-21-52)35-41-67(63)76(54-38-32-49(33-39-54)47-18-6-2-7-19-47)69-45-55(44-68(75)72(69)74)77-64-28-12-10-22-58(64)59-23-11-13-29-65(59)77/h1-45H. The van der Waals surface area contributed by atoms with Gasteiger partial charge in [0, 0.05) is 44.9 Å². The van der Waals surface area contributed by atoms with Gasteiger partial charge in [0.05, 0.1) is 16.7 Å². The molecule has 4 bridgehead atoms. The lowest BCUT2D eigenvalue weighted by atomic mass is 9.33. The van der Waals surface area contributed by atoms with Crippen LogP contribution in [0.3, 0.4) is 0 Å². The molecule has 3 nitrogen and oxygen atoms in total. The first kappa shape index (κ1) is 42.5. The summed E-state index contributed by atoms with van der Waals surface area (Å²) >= 11 is 0. The number of anilines is 6. The van der Waals surface area contributed by atoms with Gasteiger partial charge in [-0.25, -0.2) is 0 Å². The van der Waals surface area contributed by atoms with Gasteiger partial charge in [-0.2, -0.15) is 0 Å². The Kier molecular flexibility index (Phi) is 9.02. The zero-order valence-corrected chi connectivity index (χ0v) is 42.0. The van der Waals surface area contributed by atoms with Crippen molar-refractivity contribution in [2.45, 2.75) is 0 Å². The van der Waals surface area contributed by atoms with Crippen molar-refractivity contribution in [3.8, 4) is 61.3 Å². The lowest BCUT2D eigenvalue weighted by Gasteiger charge is -2.44. The molecule has 12 aromatic carbocycles. The molecule has 0 unspecified atom stereocenters. The zero-order valence-electron chi connectivity index (χ0n) is 42.0. The molecule has 5 heterocycles. The number of fused-ring (bicyclic) bond motifs is 7. The van der Waals surface area contributed by atoms with Crippen molar-refractivity contribution in [3.63, 3.8) is 0 Å². The molecule has 0 aliphatic carbocycles. The summed E-state index contributed by atoms with van der Waals surface area (Å²) in [4.78, 5) is 5.14. The number of nitrogens with zero attached hydrogens (tertiary/aromatic N) is 3. The van der Waals surface area contributed by atoms with E-state index in [-0.39, 0.29) is 13.4 Å². The number of rotatable bonds is 6. The molecule has 0 atom stereocenters. The molecule has 0 spiro atoms. The molecule has 4 aliphatic heterocycles. The van der Waals surface area contributed by atoms with Crippen LogP contribution in [0, 0.1) is 0 Å². The lowest BCUT2D eigenvalue weighted by Crippen LogP contribution is -2.61. The third-order valence-corrected chi connectivity index (χ3v) is 17.2. The minimum atomic E-state index is -0.0897. The van der Waals surface area contributed by atoms with Crippen LogP contribution in [0.4, 0.5) is 34.1 Å². The van der Waals surface area contributed by atoms with E-state index in [2.05, 4.69) is 287 Å². The Morgan fingerprint density at radius 2 is 0.675 bits per heavy atom. The largest absolute Gasteiger partial charge is 0.311 e. The summed E-state index contributed by atoms with van der Waals surface area (Å²) in [5, 5.41) is 2.48. The van der Waals surface area contributed by atoms with Crippen LogP contribution < -0.4 is 42.6 Å². The molecular formula is C72H45B2N3. The third-order valence-electron chi connectivity index (χ3n) is 17.2. The molecule has 0 radical (unpaired) electrons. The first-order valence-corrected chi connectivity index (χ1v) is 26.9. The van der Waals surface area contributed by atoms with Gasteiger partial charge in [0.2, 0.25) is 6.71 Å². The van der Waals surface area contributed by atoms with Crippen molar-refractivity contribution >= 4 is 102 Å². The van der Waals surface area contributed by atoms with Gasteiger partial charge in [-0.1, -0.05) is 229 Å². The number of hydrogen-bond acceptors (Lipinski definition) is 2. The van der Waals surface area contributed by atoms with Crippen molar-refractivity contribution < 1.29 is 0 Å². The molecule has 77 heavy (non-hydrogen) atoms. The van der Waals surface area contributed by atoms with E-state index in [0.717, 1.165) is 17.1 Å². The minimum Gasteiger partial charge on any atom is -0.311 e. The van der Waals surface area contributed by atoms with E-state index in [1.165, 1.54) is 133 Å². The third kappa shape index (κ3) is 6.17. The fraction of sp³-hybridized carbons (Fsp3) is 0. The van der Waals surface area contributed by atoms with E-state index < -0.39 is 0 Å². The van der Waals surface area contributed by atoms with Gasteiger partial charge >= 0.3 is 0 Å². The second-order valence-corrected chi connectivity index (χ2v) is 21.1. The first-order chi connectivity index (χ1) is 38.2. The Morgan fingerprint density at radius 3 is 1.16 bits per heavy atom. The fourth-order valence-electron chi connectivity index (χ4n) is 13.9. The van der Waals surface area contributed by atoms with E-state index in [0.29, 0.717) is 0 Å². The van der Waals surface area contributed by atoms with Crippen molar-refractivity contribution in [3.05, 3.63) is 273 Å². The summed E-state index contributed by atoms with van der Waals surface area (Å²) in [5.74, 6) is 0. The van der Waals surface area contributed by atoms with Crippen molar-refractivity contribution in [1.29, 1.82) is 0 Å². The predicted octanol–water partition coefficient (Wildman–Crippen LogP) is 14.3. The van der Waals surface area contributed by atoms with Crippen LogP contribution in [0.5, 0.6) is 0 Å². The molecule has 0 saturated heterocycles. The van der Waals surface area contributed by atoms with Gasteiger partial charge in [0.15, 0.2) is 0 Å². The van der Waals surface area contributed by atoms with E-state index in [9.17, 15) is 0 Å². The van der Waals surface area contributed by atoms with Gasteiger partial charge in [-0.15, -0.1) is 0 Å². The number of benzene rings is 12. The quantitative estimate of drug-likeness (QED) is 0.154. The predicted molar refractivity (Wildman–Crippen MR) is 327 cm³/mol. The molecule has 17 rings (SSSR count). The number of aromatic nitrogens is 1. The van der Waals surface area contributed by atoms with Gasteiger partial charge in [-0.3, -0.25) is 0 Å². The van der Waals surface area contributed by atoms with Crippen LogP contribution in [0.2, 0.25) is 0 Å². The van der Waals surface area contributed by atoms with Crippen LogP contribution in [0.15, 0.2) is 273 Å². The van der Waals surface area contributed by atoms with Gasteiger partial charge in [0.1, 0.15) is 0 Å². The maximum atomic E-state index is 2.57. The van der Waals surface area contributed by atoms with E-state index >= 15 is 0 Å². The van der Waals surface area contributed by atoms with E-state index in [1.807, 2.05) is 0 Å². The average molecular weight is 974 g/mol. The van der Waals surface area contributed by atoms with Crippen LogP contribution in [-0.2, 0) is 0 Å². The Bertz CT molecular complexity index is 4300. The monoisotopic (exact) mass is 973 g/mol. The summed E-state index contributed by atoms with van der Waals surface area (Å²) in [6, 6.07) is 103. The van der Waals surface area contributed by atoms with Crippen LogP contribution in [0.1, 0.15) is 0 Å². The summed E-state index contributed by atoms with van der Waals surface area (Å²) < 4.78 is 2.49. The Balaban J connectivity index is 0.991. The lowest BCUT2D eigenvalue weighted by molar-refractivity contribution is 1.16. The summed E-state index contributed by atoms with van der Waals surface area (Å²) in [6.45, 7) is 0.0297. The topological polar surface area (TPSA) is 11.4 Å². The average Bonchev–Trinajstić information content (AvgIpc) is 4.22. The molecule has 5 heteroatoms. The van der Waals surface area contributed by atoms with Crippen molar-refractivity contribution in [2.24, 2.45) is 0 Å².